The number of carbonyl (C=O) groups is 1. The van der Waals surface area contributed by atoms with E-state index in [1.807, 2.05) is 24.3 Å². The highest BCUT2D eigenvalue weighted by Crippen LogP contribution is 2.54. The van der Waals surface area contributed by atoms with E-state index in [2.05, 4.69) is 12.1 Å². The predicted octanol–water partition coefficient (Wildman–Crippen LogP) is 4.21. The third kappa shape index (κ3) is 2.51. The first-order chi connectivity index (χ1) is 12.6. The van der Waals surface area contributed by atoms with Crippen molar-refractivity contribution < 1.29 is 14.3 Å². The van der Waals surface area contributed by atoms with Crippen LogP contribution in [-0.4, -0.2) is 31.3 Å². The zero-order chi connectivity index (χ0) is 18.2. The Morgan fingerprint density at radius 1 is 1.00 bits per heavy atom. The lowest BCUT2D eigenvalue weighted by atomic mass is 9.67. The van der Waals surface area contributed by atoms with E-state index in [4.69, 9.17) is 14.5 Å². The molecule has 26 heavy (non-hydrogen) atoms. The summed E-state index contributed by atoms with van der Waals surface area (Å²) in [6.45, 7) is 0. The molecule has 2 spiro atoms. The molecule has 0 radical (unpaired) electrons. The summed E-state index contributed by atoms with van der Waals surface area (Å²) in [5, 5.41) is 0. The SMILES string of the molecule is COC1=C(OC)C2(C=CC1=O)CC1(CCCCC1)N=C2c1ccccc1. The minimum absolute atomic E-state index is 0.0726. The monoisotopic (exact) mass is 351 g/mol. The van der Waals surface area contributed by atoms with Crippen molar-refractivity contribution in [1.82, 2.24) is 0 Å². The van der Waals surface area contributed by atoms with Crippen LogP contribution in [0.1, 0.15) is 44.1 Å². The van der Waals surface area contributed by atoms with Gasteiger partial charge in [-0.25, -0.2) is 0 Å². The Bertz CT molecular complexity index is 800. The highest BCUT2D eigenvalue weighted by Gasteiger charge is 2.55. The van der Waals surface area contributed by atoms with Crippen molar-refractivity contribution in [3.63, 3.8) is 0 Å². The third-order valence-corrected chi connectivity index (χ3v) is 5.97. The van der Waals surface area contributed by atoms with Crippen LogP contribution in [-0.2, 0) is 14.3 Å². The molecule has 1 aromatic carbocycles. The Labute approximate surface area is 154 Å². The molecule has 1 atom stereocenters. The van der Waals surface area contributed by atoms with Crippen LogP contribution in [0.3, 0.4) is 0 Å². The van der Waals surface area contributed by atoms with Crippen LogP contribution in [0.5, 0.6) is 0 Å². The Hall–Kier alpha value is -2.36. The fraction of sp³-hybridized carbons (Fsp3) is 0.455. The largest absolute Gasteiger partial charge is 0.496 e. The van der Waals surface area contributed by atoms with E-state index in [1.54, 1.807) is 13.2 Å². The van der Waals surface area contributed by atoms with Crippen LogP contribution in [0.2, 0.25) is 0 Å². The lowest BCUT2D eigenvalue weighted by Gasteiger charge is -2.37. The summed E-state index contributed by atoms with van der Waals surface area (Å²) >= 11 is 0. The maximum absolute atomic E-state index is 12.4. The Morgan fingerprint density at radius 3 is 2.38 bits per heavy atom. The van der Waals surface area contributed by atoms with Gasteiger partial charge >= 0.3 is 0 Å². The number of ketones is 1. The number of benzene rings is 1. The van der Waals surface area contributed by atoms with E-state index >= 15 is 0 Å². The molecule has 0 bridgehead atoms. The summed E-state index contributed by atoms with van der Waals surface area (Å²) < 4.78 is 11.2. The third-order valence-electron chi connectivity index (χ3n) is 5.97. The molecule has 4 nitrogen and oxygen atoms in total. The highest BCUT2D eigenvalue weighted by molar-refractivity contribution is 6.13. The van der Waals surface area contributed by atoms with Gasteiger partial charge in [-0.15, -0.1) is 0 Å². The highest BCUT2D eigenvalue weighted by atomic mass is 16.5. The van der Waals surface area contributed by atoms with E-state index in [-0.39, 0.29) is 11.3 Å². The first kappa shape index (κ1) is 17.1. The summed E-state index contributed by atoms with van der Waals surface area (Å²) in [5.41, 5.74) is 1.47. The Morgan fingerprint density at radius 2 is 1.73 bits per heavy atom. The number of hydrogen-bond donors (Lipinski definition) is 0. The lowest BCUT2D eigenvalue weighted by molar-refractivity contribution is -0.115. The zero-order valence-electron chi connectivity index (χ0n) is 15.5. The van der Waals surface area contributed by atoms with Crippen molar-refractivity contribution in [3.05, 3.63) is 59.6 Å². The quantitative estimate of drug-likeness (QED) is 0.819. The topological polar surface area (TPSA) is 47.9 Å². The van der Waals surface area contributed by atoms with Gasteiger partial charge in [0.2, 0.25) is 11.5 Å². The smallest absolute Gasteiger partial charge is 0.223 e. The Balaban J connectivity index is 1.91. The lowest BCUT2D eigenvalue weighted by Crippen LogP contribution is -2.37. The molecule has 0 saturated heterocycles. The molecule has 1 heterocycles. The number of aliphatic imine (C=N–C) groups is 1. The second kappa shape index (κ2) is 6.42. The normalized spacial score (nSPS) is 27.2. The fourth-order valence-electron chi connectivity index (χ4n) is 4.87. The maximum Gasteiger partial charge on any atom is 0.223 e. The van der Waals surface area contributed by atoms with Crippen molar-refractivity contribution in [1.29, 1.82) is 0 Å². The van der Waals surface area contributed by atoms with Crippen LogP contribution < -0.4 is 0 Å². The Kier molecular flexibility index (Phi) is 4.22. The molecule has 1 fully saturated rings. The predicted molar refractivity (Wildman–Crippen MR) is 101 cm³/mol. The number of ether oxygens (including phenoxy) is 2. The molecule has 0 N–H and O–H groups in total. The van der Waals surface area contributed by atoms with E-state index in [0.29, 0.717) is 11.5 Å². The summed E-state index contributed by atoms with van der Waals surface area (Å²) in [7, 11) is 3.15. The molecule has 1 aromatic rings. The average Bonchev–Trinajstić information content (AvgIpc) is 2.99. The second-order valence-corrected chi connectivity index (χ2v) is 7.52. The van der Waals surface area contributed by atoms with Gasteiger partial charge in [-0.05, 0) is 30.9 Å². The van der Waals surface area contributed by atoms with Crippen molar-refractivity contribution in [2.45, 2.75) is 44.1 Å². The molecule has 0 aromatic heterocycles. The number of rotatable bonds is 3. The van der Waals surface area contributed by atoms with Gasteiger partial charge < -0.3 is 9.47 Å². The van der Waals surface area contributed by atoms with E-state index in [1.165, 1.54) is 26.4 Å². The van der Waals surface area contributed by atoms with Gasteiger partial charge in [-0.2, -0.15) is 0 Å². The van der Waals surface area contributed by atoms with Crippen molar-refractivity contribution >= 4 is 11.5 Å². The van der Waals surface area contributed by atoms with Crippen LogP contribution >= 0.6 is 0 Å². The minimum Gasteiger partial charge on any atom is -0.496 e. The van der Waals surface area contributed by atoms with Crippen molar-refractivity contribution in [2.75, 3.05) is 14.2 Å². The molecule has 1 unspecified atom stereocenters. The van der Waals surface area contributed by atoms with Gasteiger partial charge in [-0.1, -0.05) is 55.7 Å². The summed E-state index contributed by atoms with van der Waals surface area (Å²) in [6.07, 6.45) is 10.3. The van der Waals surface area contributed by atoms with Crippen LogP contribution in [0.15, 0.2) is 59.0 Å². The molecule has 1 saturated carbocycles. The van der Waals surface area contributed by atoms with Crippen LogP contribution in [0.25, 0.3) is 0 Å². The van der Waals surface area contributed by atoms with Gasteiger partial charge in [-0.3, -0.25) is 9.79 Å². The van der Waals surface area contributed by atoms with Gasteiger partial charge in [0.05, 0.1) is 30.9 Å². The maximum atomic E-state index is 12.4. The van der Waals surface area contributed by atoms with E-state index in [9.17, 15) is 4.79 Å². The minimum atomic E-state index is -0.535. The number of hydrogen-bond acceptors (Lipinski definition) is 4. The van der Waals surface area contributed by atoms with Crippen molar-refractivity contribution in [3.8, 4) is 0 Å². The zero-order valence-corrected chi connectivity index (χ0v) is 15.5. The molecule has 2 aliphatic carbocycles. The first-order valence-electron chi connectivity index (χ1n) is 9.36. The summed E-state index contributed by atoms with van der Waals surface area (Å²) in [5.74, 6) is 0.746. The van der Waals surface area contributed by atoms with Crippen LogP contribution in [0.4, 0.5) is 0 Å². The van der Waals surface area contributed by atoms with Crippen molar-refractivity contribution in [2.24, 2.45) is 10.4 Å². The standard InChI is InChI=1S/C22H25NO3/c1-25-18-17(24)11-14-22(20(18)26-2)15-21(12-7-4-8-13-21)23-19(22)16-9-5-3-6-10-16/h3,5-6,9-11,14H,4,7-8,12-13,15H2,1-2H3. The molecule has 3 aliphatic rings. The summed E-state index contributed by atoms with van der Waals surface area (Å²) in [6, 6.07) is 10.2. The van der Waals surface area contributed by atoms with Gasteiger partial charge in [0, 0.05) is 0 Å². The van der Waals surface area contributed by atoms with Crippen LogP contribution in [0, 0.1) is 5.41 Å². The molecule has 4 heteroatoms. The number of methoxy groups -OCH3 is 2. The van der Waals surface area contributed by atoms with E-state index in [0.717, 1.165) is 30.5 Å². The molecular weight excluding hydrogens is 326 g/mol. The van der Waals surface area contributed by atoms with Gasteiger partial charge in [0.25, 0.3) is 0 Å². The summed E-state index contributed by atoms with van der Waals surface area (Å²) in [4.78, 5) is 17.7. The average molecular weight is 351 g/mol. The number of nitrogens with zero attached hydrogens (tertiary/aromatic N) is 1. The van der Waals surface area contributed by atoms with Gasteiger partial charge in [0.15, 0.2) is 5.76 Å². The second-order valence-electron chi connectivity index (χ2n) is 7.52. The molecule has 4 rings (SSSR count). The molecule has 0 amide bonds. The number of allylic oxidation sites excluding steroid dienone is 2. The number of carbonyl (C=O) groups excluding carboxylic acids is 1. The fourth-order valence-corrected chi connectivity index (χ4v) is 4.87. The molecular formula is C22H25NO3. The first-order valence-corrected chi connectivity index (χ1v) is 9.36. The van der Waals surface area contributed by atoms with E-state index < -0.39 is 5.41 Å². The molecule has 136 valence electrons. The molecule has 1 aliphatic heterocycles. The van der Waals surface area contributed by atoms with Gasteiger partial charge in [0.1, 0.15) is 0 Å².